The number of hydrogen-bond acceptors (Lipinski definition) is 1. The fourth-order valence-electron chi connectivity index (χ4n) is 2.19. The zero-order valence-corrected chi connectivity index (χ0v) is 5.41. The first-order chi connectivity index (χ1) is 3.81. The second-order valence-corrected chi connectivity index (χ2v) is 3.62. The topological polar surface area (TPSA) is 12.0 Å². The molecule has 1 nitrogen and oxygen atoms in total. The van der Waals surface area contributed by atoms with Gasteiger partial charge in [0.15, 0.2) is 0 Å². The van der Waals surface area contributed by atoms with E-state index in [4.69, 9.17) is 0 Å². The lowest BCUT2D eigenvalue weighted by Crippen LogP contribution is -2.59. The van der Waals surface area contributed by atoms with Crippen LogP contribution in [0.1, 0.15) is 21.2 Å². The third-order valence-electron chi connectivity index (χ3n) is 2.56. The second kappa shape index (κ2) is 1.27. The first kappa shape index (κ1) is 4.80. The Morgan fingerprint density at radius 3 is 2.25 bits per heavy atom. The molecular weight excluding hydrogens is 98.1 g/mol. The molecular formula is C7H15N. The van der Waals surface area contributed by atoms with E-state index in [1.165, 1.54) is 25.9 Å². The first-order valence-corrected chi connectivity index (χ1v) is 3.52. The summed E-state index contributed by atoms with van der Waals surface area (Å²) < 4.78 is 0. The fourth-order valence-corrected chi connectivity index (χ4v) is 2.19. The summed E-state index contributed by atoms with van der Waals surface area (Å²) in [6.07, 6.45) is 2.97. The summed E-state index contributed by atoms with van der Waals surface area (Å²) >= 11 is 0. The maximum atomic E-state index is 3.32. The summed E-state index contributed by atoms with van der Waals surface area (Å²) in [6, 6.07) is 0. The van der Waals surface area contributed by atoms with Crippen LogP contribution in [0.15, 0.2) is 0 Å². The zero-order chi connectivity index (χ0) is 5.61. The van der Waals surface area contributed by atoms with Crippen molar-refractivity contribution in [3.63, 3.8) is 0 Å². The molecule has 0 radical (unpaired) electrons. The van der Waals surface area contributed by atoms with Gasteiger partial charge in [-0.25, -0.2) is 0 Å². The van der Waals surface area contributed by atoms with Crippen LogP contribution in [0.5, 0.6) is 0 Å². The third kappa shape index (κ3) is 0.455. The molecule has 2 aliphatic rings. The standard InChI is InChI=1S/C7H13N.H2/c1-6-2-7(3-6)4-8-5-7;/h6,8H,2-5H2,1H3;1H. The molecule has 0 unspecified atom stereocenters. The van der Waals surface area contributed by atoms with Crippen LogP contribution >= 0.6 is 0 Å². The van der Waals surface area contributed by atoms with E-state index in [0.717, 1.165) is 11.3 Å². The molecule has 1 N–H and O–H groups in total. The van der Waals surface area contributed by atoms with Crippen LogP contribution in [0.3, 0.4) is 0 Å². The van der Waals surface area contributed by atoms with Gasteiger partial charge >= 0.3 is 0 Å². The maximum Gasteiger partial charge on any atom is 0.00204 e. The van der Waals surface area contributed by atoms with E-state index in [1.54, 1.807) is 0 Å². The molecule has 1 saturated heterocycles. The van der Waals surface area contributed by atoms with Crippen LogP contribution in [-0.2, 0) is 0 Å². The molecule has 8 heavy (non-hydrogen) atoms. The van der Waals surface area contributed by atoms with Crippen LogP contribution in [0.4, 0.5) is 0 Å². The van der Waals surface area contributed by atoms with Crippen molar-refractivity contribution in [1.82, 2.24) is 5.32 Å². The Hall–Kier alpha value is -0.0400. The predicted molar refractivity (Wildman–Crippen MR) is 35.8 cm³/mol. The number of nitrogens with one attached hydrogen (secondary N) is 1. The van der Waals surface area contributed by atoms with Crippen molar-refractivity contribution in [3.8, 4) is 0 Å². The van der Waals surface area contributed by atoms with Gasteiger partial charge in [-0.15, -0.1) is 0 Å². The minimum absolute atomic E-state index is 0. The van der Waals surface area contributed by atoms with Gasteiger partial charge in [0.25, 0.3) is 0 Å². The van der Waals surface area contributed by atoms with Gasteiger partial charge < -0.3 is 5.32 Å². The SMILES string of the molecule is CC1CC2(CNC2)C1.[HH]. The van der Waals surface area contributed by atoms with Gasteiger partial charge in [0.1, 0.15) is 0 Å². The highest BCUT2D eigenvalue weighted by atomic mass is 15.0. The molecule has 0 bridgehead atoms. The van der Waals surface area contributed by atoms with Crippen LogP contribution in [0, 0.1) is 11.3 Å². The number of rotatable bonds is 0. The lowest BCUT2D eigenvalue weighted by molar-refractivity contribution is 0.00946. The summed E-state index contributed by atoms with van der Waals surface area (Å²) in [5.74, 6) is 1.03. The van der Waals surface area contributed by atoms with E-state index in [2.05, 4.69) is 12.2 Å². The molecule has 1 heteroatoms. The molecule has 0 aromatic carbocycles. The molecule has 1 saturated carbocycles. The van der Waals surface area contributed by atoms with Crippen molar-refractivity contribution < 1.29 is 1.43 Å². The van der Waals surface area contributed by atoms with Crippen molar-refractivity contribution in [3.05, 3.63) is 0 Å². The lowest BCUT2D eigenvalue weighted by Gasteiger charge is -2.53. The molecule has 0 amide bonds. The Kier molecular flexibility index (Phi) is 0.762. The largest absolute Gasteiger partial charge is 0.316 e. The van der Waals surface area contributed by atoms with Gasteiger partial charge in [-0.3, -0.25) is 0 Å². The van der Waals surface area contributed by atoms with Gasteiger partial charge in [0.2, 0.25) is 0 Å². The zero-order valence-electron chi connectivity index (χ0n) is 5.41. The molecule has 2 rings (SSSR count). The van der Waals surface area contributed by atoms with Crippen LogP contribution in [0.2, 0.25) is 0 Å². The van der Waals surface area contributed by atoms with E-state index in [9.17, 15) is 0 Å². The first-order valence-electron chi connectivity index (χ1n) is 3.52. The van der Waals surface area contributed by atoms with E-state index >= 15 is 0 Å². The van der Waals surface area contributed by atoms with Crippen LogP contribution in [-0.4, -0.2) is 13.1 Å². The molecule has 0 aromatic heterocycles. The monoisotopic (exact) mass is 113 g/mol. The Morgan fingerprint density at radius 1 is 1.50 bits per heavy atom. The van der Waals surface area contributed by atoms with Crippen molar-refractivity contribution >= 4 is 0 Å². The smallest absolute Gasteiger partial charge is 0.00204 e. The minimum atomic E-state index is 0. The van der Waals surface area contributed by atoms with Gasteiger partial charge in [0.05, 0.1) is 0 Å². The summed E-state index contributed by atoms with van der Waals surface area (Å²) in [4.78, 5) is 0. The molecule has 1 spiro atoms. The molecule has 0 aromatic rings. The average molecular weight is 113 g/mol. The highest BCUT2D eigenvalue weighted by molar-refractivity contribution is 5.00. The van der Waals surface area contributed by atoms with Crippen molar-refractivity contribution in [1.29, 1.82) is 0 Å². The summed E-state index contributed by atoms with van der Waals surface area (Å²) in [7, 11) is 0. The predicted octanol–water partition coefficient (Wildman–Crippen LogP) is 1.25. The Labute approximate surface area is 52.0 Å². The van der Waals surface area contributed by atoms with Crippen molar-refractivity contribution in [2.24, 2.45) is 11.3 Å². The molecule has 1 aliphatic carbocycles. The third-order valence-corrected chi connectivity index (χ3v) is 2.56. The van der Waals surface area contributed by atoms with Gasteiger partial charge in [-0.2, -0.15) is 0 Å². The molecule has 1 heterocycles. The summed E-state index contributed by atoms with van der Waals surface area (Å²) in [5, 5.41) is 3.32. The van der Waals surface area contributed by atoms with E-state index in [-0.39, 0.29) is 1.43 Å². The molecule has 2 fully saturated rings. The molecule has 0 atom stereocenters. The summed E-state index contributed by atoms with van der Waals surface area (Å²) in [6.45, 7) is 4.96. The second-order valence-electron chi connectivity index (χ2n) is 3.62. The maximum absolute atomic E-state index is 3.32. The fraction of sp³-hybridized carbons (Fsp3) is 1.00. The highest BCUT2D eigenvalue weighted by Crippen LogP contribution is 2.47. The molecule has 1 aliphatic heterocycles. The average Bonchev–Trinajstić information content (AvgIpc) is 1.51. The van der Waals surface area contributed by atoms with Gasteiger partial charge in [0, 0.05) is 14.5 Å². The lowest BCUT2D eigenvalue weighted by atomic mass is 9.59. The van der Waals surface area contributed by atoms with E-state index in [0.29, 0.717) is 0 Å². The summed E-state index contributed by atoms with van der Waals surface area (Å²) in [5.41, 5.74) is 0.805. The Bertz CT molecular complexity index is 101. The normalized spacial score (nSPS) is 34.1. The Morgan fingerprint density at radius 2 is 2.12 bits per heavy atom. The quantitative estimate of drug-likeness (QED) is 0.498. The van der Waals surface area contributed by atoms with Gasteiger partial charge in [-0.1, -0.05) is 6.92 Å². The van der Waals surface area contributed by atoms with Crippen molar-refractivity contribution in [2.75, 3.05) is 13.1 Å². The van der Waals surface area contributed by atoms with Crippen LogP contribution in [0.25, 0.3) is 0 Å². The Balaban J connectivity index is 0.000000405. The van der Waals surface area contributed by atoms with Crippen LogP contribution < -0.4 is 5.32 Å². The van der Waals surface area contributed by atoms with E-state index < -0.39 is 0 Å². The highest BCUT2D eigenvalue weighted by Gasteiger charge is 2.46. The minimum Gasteiger partial charge on any atom is -0.316 e. The van der Waals surface area contributed by atoms with Crippen molar-refractivity contribution in [2.45, 2.75) is 19.8 Å². The van der Waals surface area contributed by atoms with E-state index in [1.807, 2.05) is 0 Å². The molecule has 48 valence electrons. The number of hydrogen-bond donors (Lipinski definition) is 1. The van der Waals surface area contributed by atoms with Gasteiger partial charge in [-0.05, 0) is 24.2 Å².